The molecule has 0 aromatic heterocycles. The minimum absolute atomic E-state index is 0. The molecular weight excluding hydrogens is 539 g/mol. The summed E-state index contributed by atoms with van der Waals surface area (Å²) < 4.78 is 5.84. The van der Waals surface area contributed by atoms with Crippen LogP contribution in [0.5, 0.6) is 0 Å². The Labute approximate surface area is 240 Å². The summed E-state index contributed by atoms with van der Waals surface area (Å²) in [6.45, 7) is 8.83. The van der Waals surface area contributed by atoms with Crippen molar-refractivity contribution in [1.29, 1.82) is 0 Å². The fourth-order valence-corrected chi connectivity index (χ4v) is 16.6. The van der Waals surface area contributed by atoms with Gasteiger partial charge in [0.05, 0.1) is 0 Å². The summed E-state index contributed by atoms with van der Waals surface area (Å²) in [5.41, 5.74) is 11.0. The van der Waals surface area contributed by atoms with E-state index in [2.05, 4.69) is 125 Å². The summed E-state index contributed by atoms with van der Waals surface area (Å²) in [6, 6.07) is 30.6. The van der Waals surface area contributed by atoms with Gasteiger partial charge in [0.15, 0.2) is 0 Å². The number of rotatable bonds is 4. The third-order valence-corrected chi connectivity index (χ3v) is 19.1. The third kappa shape index (κ3) is 4.05. The minimum atomic E-state index is -4.27. The van der Waals surface area contributed by atoms with Gasteiger partial charge in [0.25, 0.3) is 0 Å². The fourth-order valence-electron chi connectivity index (χ4n) is 6.75. The molecule has 194 valence electrons. The van der Waals surface area contributed by atoms with Gasteiger partial charge in [0, 0.05) is 0 Å². The topological polar surface area (TPSA) is 0 Å². The predicted molar refractivity (Wildman–Crippen MR) is 169 cm³/mol. The van der Waals surface area contributed by atoms with Crippen LogP contribution < -0.4 is 11.6 Å². The van der Waals surface area contributed by atoms with Crippen LogP contribution in [0.3, 0.4) is 0 Å². The summed E-state index contributed by atoms with van der Waals surface area (Å²) in [6.07, 6.45) is 8.91. The van der Waals surface area contributed by atoms with Gasteiger partial charge in [-0.2, -0.15) is 0 Å². The van der Waals surface area contributed by atoms with Crippen molar-refractivity contribution in [1.82, 2.24) is 0 Å². The summed E-state index contributed by atoms with van der Waals surface area (Å²) in [7, 11) is 0. The standard InChI is InChI=1S/C15H13.2C7H7.C5H5.CH2.2ClH.Ti/c1-10-3-5-12-9-13-6-4-11(2)8-15(13)14(12)7-10;2*1-7-5-3-2-4-6-7;1-2-4-5-3-1;;;;/h3-5,7-8H,9H2,1-2H3;2*3-6H,1H3;1-3H,4H2;1H2;2*1H;. The van der Waals surface area contributed by atoms with Gasteiger partial charge in [-0.05, 0) is 0 Å². The zero-order chi connectivity index (χ0) is 25.1. The van der Waals surface area contributed by atoms with Gasteiger partial charge in [0.2, 0.25) is 0 Å². The average molecular weight is 575 g/mol. The zero-order valence-electron chi connectivity index (χ0n) is 22.7. The van der Waals surface area contributed by atoms with Gasteiger partial charge < -0.3 is 0 Å². The molecule has 0 fully saturated rings. The molecule has 0 saturated heterocycles. The molecule has 0 N–H and O–H groups in total. The molecule has 0 heterocycles. The number of hydrogen-bond acceptors (Lipinski definition) is 0. The van der Waals surface area contributed by atoms with E-state index in [0.717, 1.165) is 12.8 Å². The molecule has 0 nitrogen and oxygen atoms in total. The van der Waals surface area contributed by atoms with Gasteiger partial charge in [0.1, 0.15) is 0 Å². The van der Waals surface area contributed by atoms with Gasteiger partial charge in [-0.3, -0.25) is 0 Å². The van der Waals surface area contributed by atoms with Gasteiger partial charge in [-0.15, -0.1) is 24.8 Å². The quantitative estimate of drug-likeness (QED) is 0.194. The molecule has 2 aliphatic rings. The van der Waals surface area contributed by atoms with E-state index in [1.165, 1.54) is 60.0 Å². The van der Waals surface area contributed by atoms with Gasteiger partial charge in [-0.1, -0.05) is 0 Å². The molecule has 0 unspecified atom stereocenters. The first-order chi connectivity index (χ1) is 17.3. The van der Waals surface area contributed by atoms with Crippen LogP contribution in [-0.2, 0) is 21.3 Å². The molecule has 0 radical (unpaired) electrons. The molecule has 38 heavy (non-hydrogen) atoms. The van der Waals surface area contributed by atoms with Crippen LogP contribution in [0.15, 0.2) is 101 Å². The van der Waals surface area contributed by atoms with E-state index in [0.29, 0.717) is 0 Å². The van der Waals surface area contributed by atoms with E-state index in [1.54, 1.807) is 0 Å². The molecule has 0 aliphatic heterocycles. The molecule has 4 aromatic carbocycles. The Bertz CT molecular complexity index is 1600. The Morgan fingerprint density at radius 3 is 1.74 bits per heavy atom. The molecule has 0 saturated carbocycles. The van der Waals surface area contributed by atoms with Crippen LogP contribution >= 0.6 is 24.8 Å². The molecule has 0 atom stereocenters. The summed E-state index contributed by atoms with van der Waals surface area (Å²) in [5.74, 6) is 0. The van der Waals surface area contributed by atoms with Crippen molar-refractivity contribution in [2.75, 3.05) is 0 Å². The van der Waals surface area contributed by atoms with Crippen LogP contribution in [0.2, 0.25) is 0 Å². The van der Waals surface area contributed by atoms with E-state index in [-0.39, 0.29) is 24.8 Å². The first-order valence-electron chi connectivity index (χ1n) is 13.1. The van der Waals surface area contributed by atoms with Crippen LogP contribution in [0.1, 0.15) is 39.8 Å². The SMILES string of the molecule is Cl.Cl.[CH2]=[Ti]([C]1=CC=CC1)([c]1ccc(C)cc1)([c]1ccc(C)cc1)[c]1cc(C)cc2c1Cc1ccc(C)cc1-2. The van der Waals surface area contributed by atoms with Crippen molar-refractivity contribution in [3.05, 3.63) is 134 Å². The van der Waals surface area contributed by atoms with Crippen molar-refractivity contribution in [3.8, 4) is 11.1 Å². The maximum atomic E-state index is 5.54. The summed E-state index contributed by atoms with van der Waals surface area (Å²) >= 11 is -4.27. The Morgan fingerprint density at radius 2 is 1.18 bits per heavy atom. The normalized spacial score (nSPS) is 13.8. The fraction of sp³-hybridized carbons (Fsp3) is 0.171. The first-order valence-corrected chi connectivity index (χ1v) is 17.3. The van der Waals surface area contributed by atoms with Crippen LogP contribution in [0.4, 0.5) is 0 Å². The molecule has 2 aliphatic carbocycles. The van der Waals surface area contributed by atoms with E-state index in [4.69, 9.17) is 4.82 Å². The molecule has 3 heteroatoms. The molecule has 0 bridgehead atoms. The number of hydrogen-bond donors (Lipinski definition) is 0. The second-order valence-electron chi connectivity index (χ2n) is 11.2. The number of halogens is 2. The number of allylic oxidation sites excluding steroid dienone is 4. The third-order valence-electron chi connectivity index (χ3n) is 8.77. The van der Waals surface area contributed by atoms with Crippen molar-refractivity contribution in [2.45, 2.75) is 40.5 Å². The maximum absolute atomic E-state index is 5.54. The summed E-state index contributed by atoms with van der Waals surface area (Å²) in [4.78, 5) is 5.54. The van der Waals surface area contributed by atoms with E-state index < -0.39 is 14.8 Å². The van der Waals surface area contributed by atoms with Crippen molar-refractivity contribution in [2.24, 2.45) is 0 Å². The number of benzene rings is 4. The molecule has 6 rings (SSSR count). The summed E-state index contributed by atoms with van der Waals surface area (Å²) in [5, 5.41) is 0. The van der Waals surface area contributed by atoms with Gasteiger partial charge in [-0.25, -0.2) is 0 Å². The second-order valence-corrected chi connectivity index (χ2v) is 19.4. The van der Waals surface area contributed by atoms with Crippen molar-refractivity contribution >= 4 is 41.2 Å². The zero-order valence-corrected chi connectivity index (χ0v) is 25.9. The Hall–Kier alpha value is -2.48. The van der Waals surface area contributed by atoms with E-state index in [9.17, 15) is 0 Å². The molecule has 4 aromatic rings. The molecular formula is C35H36Cl2Ti. The Kier molecular flexibility index (Phi) is 7.70. The Morgan fingerprint density at radius 1 is 0.632 bits per heavy atom. The van der Waals surface area contributed by atoms with Crippen LogP contribution in [0, 0.1) is 27.7 Å². The first kappa shape index (κ1) is 28.5. The van der Waals surface area contributed by atoms with Crippen molar-refractivity contribution < 1.29 is 14.8 Å². The average Bonchev–Trinajstić information content (AvgIpc) is 3.53. The van der Waals surface area contributed by atoms with Crippen LogP contribution in [0.25, 0.3) is 11.1 Å². The predicted octanol–water partition coefficient (Wildman–Crippen LogP) is 7.58. The number of fused-ring (bicyclic) bond motifs is 3. The molecule has 0 amide bonds. The van der Waals surface area contributed by atoms with Gasteiger partial charge >= 0.3 is 217 Å². The van der Waals surface area contributed by atoms with E-state index in [1.807, 2.05) is 0 Å². The van der Waals surface area contributed by atoms with Crippen molar-refractivity contribution in [3.63, 3.8) is 0 Å². The number of aryl methyl sites for hydroxylation is 4. The van der Waals surface area contributed by atoms with Crippen LogP contribution in [-0.4, -0.2) is 4.82 Å². The molecule has 0 spiro atoms. The second kappa shape index (κ2) is 10.3. The van der Waals surface area contributed by atoms with E-state index >= 15 is 0 Å². The Balaban J connectivity index is 0.00000168. The monoisotopic (exact) mass is 574 g/mol.